The lowest BCUT2D eigenvalue weighted by atomic mass is 10.1. The molecule has 4 rings (SSSR count). The summed E-state index contributed by atoms with van der Waals surface area (Å²) in [6.07, 6.45) is -0.0406. The molecule has 0 saturated heterocycles. The number of anilines is 2. The first-order chi connectivity index (χ1) is 18.8. The molecule has 0 fully saturated rings. The molecule has 7 nitrogen and oxygen atoms in total. The number of hydrogen-bond acceptors (Lipinski definition) is 7. The van der Waals surface area contributed by atoms with E-state index in [4.69, 9.17) is 9.47 Å². The molecule has 1 aliphatic heterocycles. The number of benzene rings is 3. The van der Waals surface area contributed by atoms with E-state index in [1.165, 1.54) is 18.2 Å². The van der Waals surface area contributed by atoms with Crippen molar-refractivity contribution in [3.8, 4) is 5.75 Å². The van der Waals surface area contributed by atoms with E-state index in [-0.39, 0.29) is 11.2 Å². The lowest BCUT2D eigenvalue weighted by Gasteiger charge is -2.29. The molecule has 1 heterocycles. The molecule has 0 N–H and O–H groups in total. The topological polar surface area (TPSA) is 62.3 Å². The van der Waals surface area contributed by atoms with E-state index in [1.807, 2.05) is 62.6 Å². The largest absolute Gasteiger partial charge is 0.497 e. The van der Waals surface area contributed by atoms with Crippen molar-refractivity contribution in [2.45, 2.75) is 29.6 Å². The zero-order valence-corrected chi connectivity index (χ0v) is 24.1. The summed E-state index contributed by atoms with van der Waals surface area (Å²) in [6, 6.07) is 24.0. The van der Waals surface area contributed by atoms with Gasteiger partial charge in [-0.05, 0) is 61.0 Å². The summed E-state index contributed by atoms with van der Waals surface area (Å²) in [5.41, 5.74) is 4.20. The summed E-state index contributed by atoms with van der Waals surface area (Å²) >= 11 is 1.55. The van der Waals surface area contributed by atoms with Crippen LogP contribution in [0.4, 0.5) is 11.4 Å². The van der Waals surface area contributed by atoms with Gasteiger partial charge in [-0.25, -0.2) is 0 Å². The molecule has 0 aliphatic carbocycles. The van der Waals surface area contributed by atoms with Gasteiger partial charge in [0.25, 0.3) is 5.91 Å². The van der Waals surface area contributed by atoms with Crippen molar-refractivity contribution in [3.05, 3.63) is 83.9 Å². The third-order valence-corrected chi connectivity index (χ3v) is 8.22. The molecule has 39 heavy (non-hydrogen) atoms. The lowest BCUT2D eigenvalue weighted by Crippen LogP contribution is -2.45. The normalized spacial score (nSPS) is 17.0. The molecule has 2 unspecified atom stereocenters. The predicted octanol–water partition coefficient (Wildman–Crippen LogP) is 5.05. The van der Waals surface area contributed by atoms with Gasteiger partial charge in [0.05, 0.1) is 18.0 Å². The summed E-state index contributed by atoms with van der Waals surface area (Å²) in [6.45, 7) is 3.37. The maximum Gasteiger partial charge on any atom is 0.303 e. The Hall–Kier alpha value is -3.49. The Morgan fingerprint density at radius 1 is 0.974 bits per heavy atom. The second-order valence-corrected chi connectivity index (χ2v) is 11.1. The van der Waals surface area contributed by atoms with Crippen molar-refractivity contribution in [1.29, 1.82) is 0 Å². The van der Waals surface area contributed by atoms with Gasteiger partial charge in [0.15, 0.2) is 6.10 Å². The van der Waals surface area contributed by atoms with Crippen LogP contribution in [0.25, 0.3) is 0 Å². The molecule has 0 spiro atoms. The number of thioether (sulfide) groups is 1. The zero-order chi connectivity index (χ0) is 27.9. The third-order valence-electron chi connectivity index (χ3n) is 6.85. The second-order valence-electron chi connectivity index (χ2n) is 9.92. The van der Waals surface area contributed by atoms with Gasteiger partial charge in [-0.1, -0.05) is 36.4 Å². The van der Waals surface area contributed by atoms with Crippen LogP contribution >= 0.6 is 11.8 Å². The Kier molecular flexibility index (Phi) is 9.54. The Morgan fingerprint density at radius 3 is 2.41 bits per heavy atom. The fourth-order valence-electron chi connectivity index (χ4n) is 4.63. The van der Waals surface area contributed by atoms with E-state index in [9.17, 15) is 9.59 Å². The van der Waals surface area contributed by atoms with E-state index in [2.05, 4.69) is 41.1 Å². The minimum absolute atomic E-state index is 0.212. The standard InChI is InChI=1S/C31H37N3O4S/c1-22(35)38-29-30(24-13-15-26(37-5)16-14-24)39-28-12-7-6-11-27(28)34(31(29)36)20-19-33(4)18-17-23-9-8-10-25(21-23)32(2)3/h6-16,21,29-30H,17-20H2,1-5H3. The number of carbonyl (C=O) groups is 2. The minimum atomic E-state index is -0.952. The Bertz CT molecular complexity index is 1280. The molecule has 3 aromatic rings. The van der Waals surface area contributed by atoms with Crippen molar-refractivity contribution in [2.75, 3.05) is 57.7 Å². The predicted molar refractivity (Wildman–Crippen MR) is 158 cm³/mol. The van der Waals surface area contributed by atoms with Gasteiger partial charge in [0, 0.05) is 51.2 Å². The number of rotatable bonds is 10. The average molecular weight is 548 g/mol. The van der Waals surface area contributed by atoms with Crippen LogP contribution < -0.4 is 14.5 Å². The van der Waals surface area contributed by atoms with Crippen LogP contribution in [-0.2, 0) is 20.7 Å². The highest BCUT2D eigenvalue weighted by Crippen LogP contribution is 2.46. The molecule has 8 heteroatoms. The smallest absolute Gasteiger partial charge is 0.303 e. The van der Waals surface area contributed by atoms with Crippen molar-refractivity contribution in [3.63, 3.8) is 0 Å². The van der Waals surface area contributed by atoms with Crippen LogP contribution in [0.2, 0.25) is 0 Å². The second kappa shape index (κ2) is 13.0. The number of fused-ring (bicyclic) bond motifs is 1. The van der Waals surface area contributed by atoms with Gasteiger partial charge < -0.3 is 24.2 Å². The van der Waals surface area contributed by atoms with Gasteiger partial charge in [-0.3, -0.25) is 9.59 Å². The van der Waals surface area contributed by atoms with Crippen LogP contribution in [0.15, 0.2) is 77.7 Å². The number of para-hydroxylation sites is 1. The summed E-state index contributed by atoms with van der Waals surface area (Å²) in [5, 5.41) is -0.389. The van der Waals surface area contributed by atoms with Crippen molar-refractivity contribution in [1.82, 2.24) is 4.90 Å². The highest BCUT2D eigenvalue weighted by atomic mass is 32.2. The first kappa shape index (κ1) is 28.5. The maximum atomic E-state index is 14.0. The Morgan fingerprint density at radius 2 is 1.72 bits per heavy atom. The summed E-state index contributed by atoms with van der Waals surface area (Å²) < 4.78 is 11.0. The number of hydrogen-bond donors (Lipinski definition) is 0. The molecule has 2 atom stereocenters. The van der Waals surface area contributed by atoms with Crippen molar-refractivity contribution >= 4 is 35.0 Å². The van der Waals surface area contributed by atoms with Crippen LogP contribution in [0, 0.1) is 0 Å². The molecule has 0 aromatic heterocycles. The molecule has 206 valence electrons. The van der Waals surface area contributed by atoms with Gasteiger partial charge >= 0.3 is 5.97 Å². The minimum Gasteiger partial charge on any atom is -0.497 e. The summed E-state index contributed by atoms with van der Waals surface area (Å²) in [5.74, 6) is 0.0391. The number of likely N-dealkylation sites (N-methyl/N-ethyl adjacent to an activating group) is 1. The number of carbonyl (C=O) groups excluding carboxylic acids is 2. The third kappa shape index (κ3) is 7.13. The van der Waals surface area contributed by atoms with E-state index >= 15 is 0 Å². The molecular weight excluding hydrogens is 510 g/mol. The number of ether oxygens (including phenoxy) is 2. The highest BCUT2D eigenvalue weighted by molar-refractivity contribution is 7.99. The average Bonchev–Trinajstić information content (AvgIpc) is 3.05. The van der Waals surface area contributed by atoms with Crippen LogP contribution in [-0.4, -0.2) is 70.8 Å². The van der Waals surface area contributed by atoms with E-state index in [0.29, 0.717) is 13.1 Å². The fourth-order valence-corrected chi connectivity index (χ4v) is 5.95. The van der Waals surface area contributed by atoms with Crippen LogP contribution in [0.5, 0.6) is 5.75 Å². The number of methoxy groups -OCH3 is 1. The fraction of sp³-hybridized carbons (Fsp3) is 0.355. The zero-order valence-electron chi connectivity index (χ0n) is 23.3. The monoisotopic (exact) mass is 547 g/mol. The van der Waals surface area contributed by atoms with Gasteiger partial charge in [-0.2, -0.15) is 0 Å². The van der Waals surface area contributed by atoms with E-state index in [0.717, 1.165) is 34.9 Å². The molecule has 0 saturated carbocycles. The first-order valence-electron chi connectivity index (χ1n) is 13.1. The van der Waals surface area contributed by atoms with E-state index < -0.39 is 12.1 Å². The van der Waals surface area contributed by atoms with Gasteiger partial charge in [0.2, 0.25) is 0 Å². The highest BCUT2D eigenvalue weighted by Gasteiger charge is 2.40. The van der Waals surface area contributed by atoms with Gasteiger partial charge in [0.1, 0.15) is 5.75 Å². The molecule has 0 radical (unpaired) electrons. The molecule has 0 bridgehead atoms. The summed E-state index contributed by atoms with van der Waals surface area (Å²) in [7, 11) is 7.78. The van der Waals surface area contributed by atoms with Crippen molar-refractivity contribution < 1.29 is 19.1 Å². The molecule has 1 amide bonds. The maximum absolute atomic E-state index is 14.0. The molecular formula is C31H37N3O4S. The molecule has 3 aromatic carbocycles. The van der Waals surface area contributed by atoms with Crippen LogP contribution in [0.1, 0.15) is 23.3 Å². The SMILES string of the molecule is COc1ccc(C2Sc3ccccc3N(CCN(C)CCc3cccc(N(C)C)c3)C(=O)C2OC(C)=O)cc1. The van der Waals surface area contributed by atoms with Crippen molar-refractivity contribution in [2.24, 2.45) is 0 Å². The summed E-state index contributed by atoms with van der Waals surface area (Å²) in [4.78, 5) is 33.3. The van der Waals surface area contributed by atoms with Crippen LogP contribution in [0.3, 0.4) is 0 Å². The quantitative estimate of drug-likeness (QED) is 0.329. The molecule has 1 aliphatic rings. The number of amides is 1. The lowest BCUT2D eigenvalue weighted by molar-refractivity contribution is -0.152. The Balaban J connectivity index is 1.53. The van der Waals surface area contributed by atoms with Gasteiger partial charge in [-0.15, -0.1) is 11.8 Å². The number of esters is 1. The number of nitrogens with zero attached hydrogens (tertiary/aromatic N) is 3. The van der Waals surface area contributed by atoms with E-state index in [1.54, 1.807) is 23.8 Å². The Labute approximate surface area is 235 Å². The first-order valence-corrected chi connectivity index (χ1v) is 14.0.